The van der Waals surface area contributed by atoms with E-state index in [9.17, 15) is 9.00 Å². The zero-order chi connectivity index (χ0) is 12.0. The Morgan fingerprint density at radius 1 is 1.31 bits per heavy atom. The number of Topliss-reactive ketones (excluding diaryl/α,β-unsaturated/α-hetero) is 1. The molecule has 0 aliphatic heterocycles. The number of carbonyl (C=O) groups excluding carboxylic acids is 1. The van der Waals surface area contributed by atoms with E-state index < -0.39 is 10.8 Å². The lowest BCUT2D eigenvalue weighted by molar-refractivity contribution is -0.117. The van der Waals surface area contributed by atoms with E-state index in [1.165, 1.54) is 0 Å². The molecule has 1 aromatic rings. The van der Waals surface area contributed by atoms with Gasteiger partial charge in [-0.1, -0.05) is 23.7 Å². The van der Waals surface area contributed by atoms with Gasteiger partial charge in [-0.25, -0.2) is 0 Å². The van der Waals surface area contributed by atoms with Gasteiger partial charge in [0.05, 0.1) is 20.7 Å². The maximum Gasteiger partial charge on any atom is 0.129 e. The van der Waals surface area contributed by atoms with E-state index in [1.807, 2.05) is 12.1 Å². The molecule has 0 heterocycles. The number of unbranched alkanes of at least 4 members (excludes halogenated alkanes) is 1. The Bertz CT molecular complexity index is 390. The number of benzene rings is 1. The molecule has 0 amide bonds. The first-order chi connectivity index (χ1) is 7.61. The van der Waals surface area contributed by atoms with Crippen LogP contribution in [0.15, 0.2) is 29.2 Å². The van der Waals surface area contributed by atoms with Gasteiger partial charge < -0.3 is 4.79 Å². The molecule has 0 N–H and O–H groups in total. The summed E-state index contributed by atoms with van der Waals surface area (Å²) >= 11 is 5.94. The van der Waals surface area contributed by atoms with Gasteiger partial charge in [0, 0.05) is 12.2 Å². The van der Waals surface area contributed by atoms with Crippen molar-refractivity contribution in [2.45, 2.75) is 31.1 Å². The van der Waals surface area contributed by atoms with Crippen molar-refractivity contribution < 1.29 is 9.00 Å². The van der Waals surface area contributed by atoms with Crippen molar-refractivity contribution in [3.63, 3.8) is 0 Å². The van der Waals surface area contributed by atoms with Crippen molar-refractivity contribution in [3.05, 3.63) is 29.3 Å². The average molecular weight is 259 g/mol. The largest absolute Gasteiger partial charge is 0.300 e. The Hall–Kier alpha value is -0.670. The average Bonchev–Trinajstić information content (AvgIpc) is 2.24. The van der Waals surface area contributed by atoms with Crippen LogP contribution in [0.1, 0.15) is 26.2 Å². The molecule has 0 aromatic heterocycles. The van der Waals surface area contributed by atoms with Crippen molar-refractivity contribution in [3.8, 4) is 0 Å². The van der Waals surface area contributed by atoms with Gasteiger partial charge in [-0.2, -0.15) is 0 Å². The van der Waals surface area contributed by atoms with Crippen molar-refractivity contribution in [2.24, 2.45) is 0 Å². The quantitative estimate of drug-likeness (QED) is 0.735. The molecule has 1 aromatic carbocycles. The Labute approximate surface area is 103 Å². The number of rotatable bonds is 6. The first-order valence-electron chi connectivity index (χ1n) is 5.23. The summed E-state index contributed by atoms with van der Waals surface area (Å²) in [5.74, 6) is 0.750. The molecule has 0 aliphatic carbocycles. The molecule has 0 saturated carbocycles. The minimum atomic E-state index is -1.05. The summed E-state index contributed by atoms with van der Waals surface area (Å²) in [7, 11) is -1.05. The van der Waals surface area contributed by atoms with Crippen molar-refractivity contribution in [2.75, 3.05) is 5.75 Å². The smallest absolute Gasteiger partial charge is 0.129 e. The van der Waals surface area contributed by atoms with Crippen LogP contribution in [0.3, 0.4) is 0 Å². The molecule has 0 aliphatic rings. The third-order valence-corrected chi connectivity index (χ3v) is 4.14. The maximum absolute atomic E-state index is 11.9. The fraction of sp³-hybridized carbons (Fsp3) is 0.417. The topological polar surface area (TPSA) is 34.1 Å². The number of halogens is 1. The van der Waals surface area contributed by atoms with Gasteiger partial charge in [-0.15, -0.1) is 0 Å². The Morgan fingerprint density at radius 2 is 2.00 bits per heavy atom. The summed E-state index contributed by atoms with van der Waals surface area (Å²) in [5, 5.41) is 0.549. The molecule has 0 fully saturated rings. The monoisotopic (exact) mass is 258 g/mol. The van der Waals surface area contributed by atoms with Crippen LogP contribution < -0.4 is 0 Å². The molecule has 1 unspecified atom stereocenters. The van der Waals surface area contributed by atoms with Crippen LogP contribution in [0.5, 0.6) is 0 Å². The van der Waals surface area contributed by atoms with E-state index in [2.05, 4.69) is 0 Å². The fourth-order valence-electron chi connectivity index (χ4n) is 1.35. The van der Waals surface area contributed by atoms with Gasteiger partial charge in [-0.05, 0) is 31.9 Å². The minimum Gasteiger partial charge on any atom is -0.300 e. The van der Waals surface area contributed by atoms with Crippen LogP contribution in [0.25, 0.3) is 0 Å². The number of hydrogen-bond acceptors (Lipinski definition) is 2. The number of hydrogen-bond donors (Lipinski definition) is 0. The van der Waals surface area contributed by atoms with E-state index >= 15 is 0 Å². The molecular formula is C12H15ClO2S. The Morgan fingerprint density at radius 3 is 2.62 bits per heavy atom. The summed E-state index contributed by atoms with van der Waals surface area (Å²) in [4.78, 5) is 11.4. The molecule has 4 heteroatoms. The predicted octanol–water partition coefficient (Wildman–Crippen LogP) is 3.21. The standard InChI is InChI=1S/C12H15ClO2S/c1-10(14)6-4-5-9-16(15)12-8-3-2-7-11(12)13/h2-3,7-8H,4-6,9H2,1H3. The lowest BCUT2D eigenvalue weighted by atomic mass is 10.2. The minimum absolute atomic E-state index is 0.184. The van der Waals surface area contributed by atoms with E-state index in [0.29, 0.717) is 22.1 Å². The first-order valence-corrected chi connectivity index (χ1v) is 6.93. The van der Waals surface area contributed by atoms with Crippen LogP contribution in [0.2, 0.25) is 5.02 Å². The molecule has 0 radical (unpaired) electrons. The van der Waals surface area contributed by atoms with Crippen molar-refractivity contribution in [1.82, 2.24) is 0 Å². The van der Waals surface area contributed by atoms with Gasteiger partial charge in [0.25, 0.3) is 0 Å². The summed E-state index contributed by atoms with van der Waals surface area (Å²) in [6.45, 7) is 1.57. The molecule has 0 spiro atoms. The van der Waals surface area contributed by atoms with Gasteiger partial charge in [0.15, 0.2) is 0 Å². The molecule has 2 nitrogen and oxygen atoms in total. The highest BCUT2D eigenvalue weighted by atomic mass is 35.5. The predicted molar refractivity (Wildman–Crippen MR) is 67.3 cm³/mol. The lowest BCUT2D eigenvalue weighted by Gasteiger charge is -2.03. The SMILES string of the molecule is CC(=O)CCCCS(=O)c1ccccc1Cl. The third-order valence-electron chi connectivity index (χ3n) is 2.19. The maximum atomic E-state index is 11.9. The number of ketones is 1. The summed E-state index contributed by atoms with van der Waals surface area (Å²) in [6, 6.07) is 7.17. The first kappa shape index (κ1) is 13.4. The Balaban J connectivity index is 2.41. The zero-order valence-corrected chi connectivity index (χ0v) is 10.8. The number of carbonyl (C=O) groups is 1. The van der Waals surface area contributed by atoms with Crippen LogP contribution >= 0.6 is 11.6 Å². The Kier molecular flexibility index (Phi) is 5.71. The highest BCUT2D eigenvalue weighted by Gasteiger charge is 2.07. The molecule has 16 heavy (non-hydrogen) atoms. The molecular weight excluding hydrogens is 244 g/mol. The van der Waals surface area contributed by atoms with Gasteiger partial charge in [0.1, 0.15) is 5.78 Å². The second-order valence-corrected chi connectivity index (χ2v) is 5.59. The van der Waals surface area contributed by atoms with E-state index in [4.69, 9.17) is 11.6 Å². The summed E-state index contributed by atoms with van der Waals surface area (Å²) < 4.78 is 11.9. The highest BCUT2D eigenvalue weighted by Crippen LogP contribution is 2.19. The molecule has 0 bridgehead atoms. The normalized spacial score (nSPS) is 12.4. The summed E-state index contributed by atoms with van der Waals surface area (Å²) in [5.41, 5.74) is 0. The van der Waals surface area contributed by atoms with Crippen LogP contribution in [-0.2, 0) is 15.6 Å². The highest BCUT2D eigenvalue weighted by molar-refractivity contribution is 7.85. The fourth-order valence-corrected chi connectivity index (χ4v) is 2.94. The second-order valence-electron chi connectivity index (χ2n) is 3.64. The molecule has 1 atom stereocenters. The summed E-state index contributed by atoms with van der Waals surface area (Å²) in [6.07, 6.45) is 2.16. The van der Waals surface area contributed by atoms with Gasteiger partial charge >= 0.3 is 0 Å². The van der Waals surface area contributed by atoms with Crippen molar-refractivity contribution in [1.29, 1.82) is 0 Å². The molecule has 1 rings (SSSR count). The second kappa shape index (κ2) is 6.81. The van der Waals surface area contributed by atoms with Crippen molar-refractivity contribution >= 4 is 28.2 Å². The molecule has 88 valence electrons. The van der Waals surface area contributed by atoms with Crippen LogP contribution in [-0.4, -0.2) is 15.7 Å². The van der Waals surface area contributed by atoms with Gasteiger partial charge in [0.2, 0.25) is 0 Å². The van der Waals surface area contributed by atoms with Crippen LogP contribution in [0.4, 0.5) is 0 Å². The third kappa shape index (κ3) is 4.45. The van der Waals surface area contributed by atoms with E-state index in [1.54, 1.807) is 19.1 Å². The van der Waals surface area contributed by atoms with E-state index in [0.717, 1.165) is 12.8 Å². The lowest BCUT2D eigenvalue weighted by Crippen LogP contribution is -2.00. The molecule has 0 saturated heterocycles. The van der Waals surface area contributed by atoms with Gasteiger partial charge in [-0.3, -0.25) is 4.21 Å². The van der Waals surface area contributed by atoms with E-state index in [-0.39, 0.29) is 5.78 Å². The zero-order valence-electron chi connectivity index (χ0n) is 9.24. The van der Waals surface area contributed by atoms with Crippen LogP contribution in [0, 0.1) is 0 Å².